The molecule has 1 aromatic rings. The lowest BCUT2D eigenvalue weighted by Gasteiger charge is -2.28. The quantitative estimate of drug-likeness (QED) is 0.280. The zero-order chi connectivity index (χ0) is 21.1. The van der Waals surface area contributed by atoms with Crippen molar-refractivity contribution < 1.29 is 24.2 Å². The van der Waals surface area contributed by atoms with Crippen LogP contribution in [0.5, 0.6) is 0 Å². The van der Waals surface area contributed by atoms with Crippen molar-refractivity contribution in [2.45, 2.75) is 64.7 Å². The first kappa shape index (κ1) is 26.6. The molecule has 1 N–H and O–H groups in total. The standard InChI is InChI=1S/C16H36NO2.C7H6O2/c1-4-5-6-7-8-9-10-11-12-15-19-16-17(2,3)13-14-18;8-7(9)6-4-2-1-3-5-6/h18H,4-16H2,1-3H3;1-5H,(H,8,9)/q+1;/p-1. The van der Waals surface area contributed by atoms with Gasteiger partial charge in [0.05, 0.1) is 33.3 Å². The van der Waals surface area contributed by atoms with Crippen LogP contribution in [0.1, 0.15) is 75.1 Å². The number of hydrogen-bond acceptors (Lipinski definition) is 4. The first-order valence-corrected chi connectivity index (χ1v) is 10.7. The highest BCUT2D eigenvalue weighted by molar-refractivity contribution is 5.85. The zero-order valence-electron chi connectivity index (χ0n) is 18.2. The van der Waals surface area contributed by atoms with Crippen molar-refractivity contribution in [2.75, 3.05) is 40.6 Å². The van der Waals surface area contributed by atoms with Gasteiger partial charge < -0.3 is 24.2 Å². The van der Waals surface area contributed by atoms with E-state index in [4.69, 9.17) is 9.84 Å². The molecule has 0 aliphatic carbocycles. The highest BCUT2D eigenvalue weighted by Crippen LogP contribution is 2.09. The molecule has 5 nitrogen and oxygen atoms in total. The lowest BCUT2D eigenvalue weighted by Crippen LogP contribution is -2.43. The molecule has 28 heavy (non-hydrogen) atoms. The SMILES string of the molecule is CCCCCCCCCCCOC[N+](C)(C)CCO.O=C([O-])c1ccccc1. The molecule has 5 heteroatoms. The Morgan fingerprint density at radius 3 is 1.96 bits per heavy atom. The topological polar surface area (TPSA) is 69.6 Å². The number of hydrogen-bond donors (Lipinski definition) is 1. The van der Waals surface area contributed by atoms with E-state index in [0.717, 1.165) is 17.6 Å². The summed E-state index contributed by atoms with van der Waals surface area (Å²) in [7, 11) is 4.18. The molecule has 0 atom stereocenters. The van der Waals surface area contributed by atoms with Crippen LogP contribution in [0.25, 0.3) is 0 Å². The molecule has 1 rings (SSSR count). The summed E-state index contributed by atoms with van der Waals surface area (Å²) >= 11 is 0. The number of quaternary nitrogens is 1. The van der Waals surface area contributed by atoms with Gasteiger partial charge in [-0.2, -0.15) is 0 Å². The molecule has 0 amide bonds. The smallest absolute Gasteiger partial charge is 0.182 e. The summed E-state index contributed by atoms with van der Waals surface area (Å²) in [5.41, 5.74) is 0.220. The van der Waals surface area contributed by atoms with Crippen LogP contribution in [0, 0.1) is 0 Å². The summed E-state index contributed by atoms with van der Waals surface area (Å²) in [5, 5.41) is 19.0. The van der Waals surface area contributed by atoms with Gasteiger partial charge in [-0.15, -0.1) is 0 Å². The molecule has 0 fully saturated rings. The van der Waals surface area contributed by atoms with E-state index in [2.05, 4.69) is 21.0 Å². The van der Waals surface area contributed by atoms with Crippen molar-refractivity contribution >= 4 is 5.97 Å². The van der Waals surface area contributed by atoms with Crippen LogP contribution in [0.15, 0.2) is 30.3 Å². The monoisotopic (exact) mass is 395 g/mol. The van der Waals surface area contributed by atoms with Crippen LogP contribution in [0.4, 0.5) is 0 Å². The molecule has 0 saturated heterocycles. The molecule has 0 saturated carbocycles. The van der Waals surface area contributed by atoms with Crippen LogP contribution in [-0.4, -0.2) is 56.1 Å². The van der Waals surface area contributed by atoms with Gasteiger partial charge in [0.2, 0.25) is 0 Å². The van der Waals surface area contributed by atoms with Crippen LogP contribution in [0.2, 0.25) is 0 Å². The fraction of sp³-hybridized carbons (Fsp3) is 0.696. The van der Waals surface area contributed by atoms with Gasteiger partial charge in [0, 0.05) is 0 Å². The summed E-state index contributed by atoms with van der Waals surface area (Å²) in [6, 6.07) is 8.06. The van der Waals surface area contributed by atoms with Crippen LogP contribution in [-0.2, 0) is 4.74 Å². The van der Waals surface area contributed by atoms with E-state index in [1.165, 1.54) is 69.9 Å². The second-order valence-electron chi connectivity index (χ2n) is 7.90. The predicted molar refractivity (Wildman–Crippen MR) is 113 cm³/mol. The van der Waals surface area contributed by atoms with Crippen molar-refractivity contribution in [3.63, 3.8) is 0 Å². The molecule has 0 aromatic heterocycles. The van der Waals surface area contributed by atoms with Gasteiger partial charge in [-0.1, -0.05) is 88.6 Å². The van der Waals surface area contributed by atoms with Gasteiger partial charge in [0.1, 0.15) is 6.54 Å². The Morgan fingerprint density at radius 2 is 1.50 bits per heavy atom. The summed E-state index contributed by atoms with van der Waals surface area (Å²) in [6.45, 7) is 4.83. The molecule has 1 aromatic carbocycles. The average Bonchev–Trinajstić information content (AvgIpc) is 2.67. The second-order valence-corrected chi connectivity index (χ2v) is 7.90. The van der Waals surface area contributed by atoms with E-state index in [0.29, 0.717) is 6.73 Å². The third kappa shape index (κ3) is 16.7. The van der Waals surface area contributed by atoms with Crippen molar-refractivity contribution in [3.8, 4) is 0 Å². The van der Waals surface area contributed by atoms with Gasteiger partial charge in [0.25, 0.3) is 0 Å². The van der Waals surface area contributed by atoms with Crippen molar-refractivity contribution in [1.29, 1.82) is 0 Å². The molecule has 0 heterocycles. The highest BCUT2D eigenvalue weighted by Gasteiger charge is 2.13. The number of carboxylic acid groups (broad SMARTS) is 1. The molecular formula is C23H41NO4. The molecule has 0 bridgehead atoms. The number of ether oxygens (including phenoxy) is 1. The molecular weight excluding hydrogens is 354 g/mol. The lowest BCUT2D eigenvalue weighted by atomic mass is 10.1. The molecule has 0 spiro atoms. The number of carbonyl (C=O) groups is 1. The Labute approximate surface area is 171 Å². The Morgan fingerprint density at radius 1 is 0.964 bits per heavy atom. The number of likely N-dealkylation sites (N-methyl/N-ethyl adjacent to an activating group) is 1. The number of benzene rings is 1. The first-order chi connectivity index (χ1) is 13.4. The number of nitrogens with zero attached hydrogens (tertiary/aromatic N) is 1. The Kier molecular flexibility index (Phi) is 16.8. The van der Waals surface area contributed by atoms with Gasteiger partial charge in [-0.3, -0.25) is 0 Å². The van der Waals surface area contributed by atoms with E-state index in [1.807, 2.05) is 0 Å². The molecule has 0 aliphatic rings. The third-order valence-corrected chi connectivity index (χ3v) is 4.55. The minimum absolute atomic E-state index is 0.220. The van der Waals surface area contributed by atoms with Gasteiger partial charge in [0.15, 0.2) is 6.73 Å². The van der Waals surface area contributed by atoms with Gasteiger partial charge >= 0.3 is 0 Å². The predicted octanol–water partition coefficient (Wildman–Crippen LogP) is 3.61. The number of aliphatic hydroxyl groups is 1. The maximum Gasteiger partial charge on any atom is 0.182 e. The van der Waals surface area contributed by atoms with Gasteiger partial charge in [-0.25, -0.2) is 0 Å². The number of unbranched alkanes of at least 4 members (excludes halogenated alkanes) is 8. The summed E-state index contributed by atoms with van der Waals surface area (Å²) in [5.74, 6) is -1.13. The number of rotatable bonds is 15. The van der Waals surface area contributed by atoms with E-state index >= 15 is 0 Å². The molecule has 0 radical (unpaired) electrons. The number of aromatic carboxylic acids is 1. The van der Waals surface area contributed by atoms with E-state index in [1.54, 1.807) is 18.2 Å². The van der Waals surface area contributed by atoms with Crippen molar-refractivity contribution in [3.05, 3.63) is 35.9 Å². The largest absolute Gasteiger partial charge is 0.545 e. The molecule has 0 unspecified atom stereocenters. The Balaban J connectivity index is 0.000000668. The maximum absolute atomic E-state index is 10.1. The Bertz CT molecular complexity index is 477. The van der Waals surface area contributed by atoms with E-state index in [-0.39, 0.29) is 12.2 Å². The van der Waals surface area contributed by atoms with Gasteiger partial charge in [-0.05, 0) is 12.0 Å². The summed E-state index contributed by atoms with van der Waals surface area (Å²) in [4.78, 5) is 10.1. The second kappa shape index (κ2) is 17.7. The van der Waals surface area contributed by atoms with Crippen LogP contribution in [0.3, 0.4) is 0 Å². The number of aliphatic hydroxyl groups excluding tert-OH is 1. The van der Waals surface area contributed by atoms with Crippen molar-refractivity contribution in [2.24, 2.45) is 0 Å². The fourth-order valence-corrected chi connectivity index (χ4v) is 2.74. The van der Waals surface area contributed by atoms with Crippen LogP contribution < -0.4 is 5.11 Å². The molecule has 162 valence electrons. The van der Waals surface area contributed by atoms with E-state index in [9.17, 15) is 9.90 Å². The van der Waals surface area contributed by atoms with Crippen LogP contribution >= 0.6 is 0 Å². The average molecular weight is 396 g/mol. The normalized spacial score (nSPS) is 11.0. The fourth-order valence-electron chi connectivity index (χ4n) is 2.74. The number of carboxylic acids is 1. The third-order valence-electron chi connectivity index (χ3n) is 4.55. The minimum Gasteiger partial charge on any atom is -0.545 e. The lowest BCUT2D eigenvalue weighted by molar-refractivity contribution is -0.910. The minimum atomic E-state index is -1.13. The highest BCUT2D eigenvalue weighted by atomic mass is 16.5. The molecule has 0 aliphatic heterocycles. The van der Waals surface area contributed by atoms with Crippen molar-refractivity contribution in [1.82, 2.24) is 0 Å². The van der Waals surface area contributed by atoms with E-state index < -0.39 is 5.97 Å². The Hall–Kier alpha value is -1.43. The first-order valence-electron chi connectivity index (χ1n) is 10.7. The summed E-state index contributed by atoms with van der Waals surface area (Å²) in [6.07, 6.45) is 12.2. The maximum atomic E-state index is 10.1. The zero-order valence-corrected chi connectivity index (χ0v) is 18.2. The number of carbonyl (C=O) groups excluding carboxylic acids is 1. The summed E-state index contributed by atoms with van der Waals surface area (Å²) < 4.78 is 6.42.